The van der Waals surface area contributed by atoms with Crippen LogP contribution in [0, 0.1) is 5.92 Å². The molecule has 0 saturated carbocycles. The summed E-state index contributed by atoms with van der Waals surface area (Å²) < 4.78 is 7.81. The number of benzene rings is 1. The number of nitrogens with zero attached hydrogens (tertiary/aromatic N) is 3. The van der Waals surface area contributed by atoms with Crippen LogP contribution in [-0.2, 0) is 0 Å². The normalized spacial score (nSPS) is 13.5. The Morgan fingerprint density at radius 2 is 2.05 bits per heavy atom. The fraction of sp³-hybridized carbons (Fsp3) is 0.375. The van der Waals surface area contributed by atoms with Crippen LogP contribution in [0.4, 0.5) is 0 Å². The fourth-order valence-corrected chi connectivity index (χ4v) is 2.23. The first kappa shape index (κ1) is 15.6. The molecule has 1 aromatic carbocycles. The van der Waals surface area contributed by atoms with Crippen LogP contribution in [0.3, 0.4) is 0 Å². The Balaban J connectivity index is 2.22. The topological polar surface area (TPSA) is 39.9 Å². The number of aromatic nitrogens is 3. The Hall–Kier alpha value is -1.81. The summed E-state index contributed by atoms with van der Waals surface area (Å²) in [7, 11) is 0. The van der Waals surface area contributed by atoms with Gasteiger partial charge in [-0.3, -0.25) is 0 Å². The second kappa shape index (κ2) is 7.27. The lowest BCUT2D eigenvalue weighted by Crippen LogP contribution is -2.22. The van der Waals surface area contributed by atoms with Gasteiger partial charge in [-0.05, 0) is 42.2 Å². The average molecular weight is 306 g/mol. The highest BCUT2D eigenvalue weighted by molar-refractivity contribution is 6.30. The minimum absolute atomic E-state index is 0.00428. The highest BCUT2D eigenvalue weighted by Gasteiger charge is 2.18. The van der Waals surface area contributed by atoms with E-state index in [4.69, 9.17) is 16.3 Å². The van der Waals surface area contributed by atoms with Crippen LogP contribution in [0.5, 0.6) is 5.75 Å². The number of hydrogen-bond donors (Lipinski definition) is 0. The van der Waals surface area contributed by atoms with Crippen LogP contribution in [0.1, 0.15) is 27.2 Å². The zero-order valence-electron chi connectivity index (χ0n) is 12.5. The molecule has 1 heterocycles. The minimum atomic E-state index is -0.00428. The molecule has 0 radical (unpaired) electrons. The molecule has 0 saturated heterocycles. The van der Waals surface area contributed by atoms with Gasteiger partial charge >= 0.3 is 0 Å². The Labute approximate surface area is 130 Å². The summed E-state index contributed by atoms with van der Waals surface area (Å²) in [5.41, 5.74) is 1.18. The lowest BCUT2D eigenvalue weighted by Gasteiger charge is -2.23. The molecule has 4 nitrogen and oxygen atoms in total. The number of hydrogen-bond acceptors (Lipinski definition) is 3. The van der Waals surface area contributed by atoms with Crippen LogP contribution < -0.4 is 4.74 Å². The largest absolute Gasteiger partial charge is 0.486 e. The van der Waals surface area contributed by atoms with Gasteiger partial charge in [0.2, 0.25) is 0 Å². The van der Waals surface area contributed by atoms with Crippen LogP contribution in [0.15, 0.2) is 42.5 Å². The molecule has 2 aromatic rings. The van der Waals surface area contributed by atoms with Gasteiger partial charge in [-0.25, -0.2) is 9.67 Å². The zero-order chi connectivity index (χ0) is 15.2. The molecule has 112 valence electrons. The van der Waals surface area contributed by atoms with Gasteiger partial charge < -0.3 is 4.74 Å². The SMILES string of the molecule is CCC(Oc1ccc(Cl)cc1)C(=Cn1cncn1)C(C)C. The van der Waals surface area contributed by atoms with E-state index in [2.05, 4.69) is 30.9 Å². The third-order valence-corrected chi connectivity index (χ3v) is 3.47. The maximum Gasteiger partial charge on any atom is 0.138 e. The van der Waals surface area contributed by atoms with Crippen molar-refractivity contribution in [2.24, 2.45) is 5.92 Å². The highest BCUT2D eigenvalue weighted by atomic mass is 35.5. The summed E-state index contributed by atoms with van der Waals surface area (Å²) in [6.45, 7) is 6.41. The van der Waals surface area contributed by atoms with Crippen LogP contribution in [-0.4, -0.2) is 20.9 Å². The van der Waals surface area contributed by atoms with E-state index in [1.54, 1.807) is 11.0 Å². The lowest BCUT2D eigenvalue weighted by atomic mass is 9.97. The highest BCUT2D eigenvalue weighted by Crippen LogP contribution is 2.24. The Morgan fingerprint density at radius 3 is 2.57 bits per heavy atom. The van der Waals surface area contributed by atoms with Gasteiger partial charge in [0.05, 0.1) is 0 Å². The summed E-state index contributed by atoms with van der Waals surface area (Å²) in [4.78, 5) is 3.97. The molecule has 0 aliphatic rings. The molecule has 0 aliphatic heterocycles. The average Bonchev–Trinajstić information content (AvgIpc) is 2.97. The van der Waals surface area contributed by atoms with Gasteiger partial charge in [0.15, 0.2) is 0 Å². The predicted molar refractivity (Wildman–Crippen MR) is 85.3 cm³/mol. The summed E-state index contributed by atoms with van der Waals surface area (Å²) in [6.07, 6.45) is 6.06. The molecule has 1 unspecified atom stereocenters. The van der Waals surface area contributed by atoms with Crippen molar-refractivity contribution in [3.05, 3.63) is 47.5 Å². The Kier molecular flexibility index (Phi) is 5.39. The standard InChI is InChI=1S/C16H20ClN3O/c1-4-16(21-14-7-5-13(17)6-8-14)15(12(2)3)9-20-11-18-10-19-20/h5-12,16H,4H2,1-3H3. The fourth-order valence-electron chi connectivity index (χ4n) is 2.11. The molecule has 1 aromatic heterocycles. The molecule has 0 N–H and O–H groups in total. The van der Waals surface area contributed by atoms with Gasteiger partial charge in [0.25, 0.3) is 0 Å². The molecule has 0 spiro atoms. The molecule has 0 aliphatic carbocycles. The zero-order valence-corrected chi connectivity index (χ0v) is 13.3. The second-order valence-electron chi connectivity index (χ2n) is 5.13. The molecular formula is C16H20ClN3O. The number of halogens is 1. The van der Waals surface area contributed by atoms with E-state index in [9.17, 15) is 0 Å². The second-order valence-corrected chi connectivity index (χ2v) is 5.56. The maximum atomic E-state index is 6.10. The number of rotatable bonds is 6. The van der Waals surface area contributed by atoms with Crippen molar-refractivity contribution in [2.45, 2.75) is 33.3 Å². The van der Waals surface area contributed by atoms with E-state index in [1.165, 1.54) is 11.9 Å². The summed E-state index contributed by atoms with van der Waals surface area (Å²) in [5, 5.41) is 4.84. The molecule has 5 heteroatoms. The van der Waals surface area contributed by atoms with Gasteiger partial charge in [-0.2, -0.15) is 5.10 Å². The van der Waals surface area contributed by atoms with E-state index < -0.39 is 0 Å². The first-order valence-corrected chi connectivity index (χ1v) is 7.46. The first-order valence-electron chi connectivity index (χ1n) is 7.08. The lowest BCUT2D eigenvalue weighted by molar-refractivity contribution is 0.222. The maximum absolute atomic E-state index is 6.10. The van der Waals surface area contributed by atoms with Gasteiger partial charge in [-0.1, -0.05) is 32.4 Å². The monoisotopic (exact) mass is 305 g/mol. The summed E-state index contributed by atoms with van der Waals surface area (Å²) in [5.74, 6) is 1.17. The van der Waals surface area contributed by atoms with Crippen molar-refractivity contribution in [3.63, 3.8) is 0 Å². The molecule has 21 heavy (non-hydrogen) atoms. The minimum Gasteiger partial charge on any atom is -0.486 e. The summed E-state index contributed by atoms with van der Waals surface area (Å²) in [6, 6.07) is 7.44. The summed E-state index contributed by atoms with van der Waals surface area (Å²) >= 11 is 5.90. The van der Waals surface area contributed by atoms with Crippen molar-refractivity contribution >= 4 is 17.8 Å². The van der Waals surface area contributed by atoms with E-state index in [-0.39, 0.29) is 6.10 Å². The third-order valence-electron chi connectivity index (χ3n) is 3.22. The molecule has 1 atom stereocenters. The van der Waals surface area contributed by atoms with E-state index in [1.807, 2.05) is 30.5 Å². The van der Waals surface area contributed by atoms with Crippen molar-refractivity contribution < 1.29 is 4.74 Å². The van der Waals surface area contributed by atoms with Gasteiger partial charge in [0.1, 0.15) is 24.5 Å². The number of ether oxygens (including phenoxy) is 1. The van der Waals surface area contributed by atoms with Crippen LogP contribution >= 0.6 is 11.6 Å². The molecule has 2 rings (SSSR count). The molecule has 0 bridgehead atoms. The van der Waals surface area contributed by atoms with Crippen molar-refractivity contribution in [1.82, 2.24) is 14.8 Å². The van der Waals surface area contributed by atoms with E-state index in [0.29, 0.717) is 10.9 Å². The van der Waals surface area contributed by atoms with Gasteiger partial charge in [0, 0.05) is 11.2 Å². The molecular weight excluding hydrogens is 286 g/mol. The smallest absolute Gasteiger partial charge is 0.138 e. The Morgan fingerprint density at radius 1 is 1.33 bits per heavy atom. The van der Waals surface area contributed by atoms with Gasteiger partial charge in [-0.15, -0.1) is 0 Å². The third kappa shape index (κ3) is 4.33. The molecule has 0 amide bonds. The van der Waals surface area contributed by atoms with Crippen molar-refractivity contribution in [1.29, 1.82) is 0 Å². The van der Waals surface area contributed by atoms with Crippen molar-refractivity contribution in [3.8, 4) is 5.75 Å². The predicted octanol–water partition coefficient (Wildman–Crippen LogP) is 4.29. The van der Waals surface area contributed by atoms with Crippen molar-refractivity contribution in [2.75, 3.05) is 0 Å². The van der Waals surface area contributed by atoms with Crippen LogP contribution in [0.25, 0.3) is 6.20 Å². The quantitative estimate of drug-likeness (QED) is 0.799. The first-order chi connectivity index (χ1) is 10.1. The van der Waals surface area contributed by atoms with Crippen LogP contribution in [0.2, 0.25) is 5.02 Å². The molecule has 0 fully saturated rings. The van der Waals surface area contributed by atoms with E-state index >= 15 is 0 Å². The Bertz CT molecular complexity index is 576. The van der Waals surface area contributed by atoms with E-state index in [0.717, 1.165) is 12.2 Å².